The molecule has 2 rings (SSSR count). The van der Waals surface area contributed by atoms with Crippen molar-refractivity contribution in [1.29, 1.82) is 0 Å². The van der Waals surface area contributed by atoms with Crippen molar-refractivity contribution in [3.05, 3.63) is 59.9 Å². The van der Waals surface area contributed by atoms with Gasteiger partial charge in [-0.15, -0.1) is 0 Å². The highest BCUT2D eigenvalue weighted by Crippen LogP contribution is 2.19. The molecule has 0 saturated heterocycles. The summed E-state index contributed by atoms with van der Waals surface area (Å²) < 4.78 is 5.40. The zero-order chi connectivity index (χ0) is 13.5. The molecule has 0 spiro atoms. The molecule has 0 saturated carbocycles. The van der Waals surface area contributed by atoms with Gasteiger partial charge in [0.25, 0.3) is 0 Å². The van der Waals surface area contributed by atoms with Crippen LogP contribution in [0.4, 0.5) is 0 Å². The molecule has 1 aromatic carbocycles. The number of pyridine rings is 1. The maximum atomic E-state index is 5.40. The highest BCUT2D eigenvalue weighted by molar-refractivity contribution is 5.34. The summed E-state index contributed by atoms with van der Waals surface area (Å²) in [7, 11) is 3.72. The Morgan fingerprint density at radius 2 is 1.84 bits per heavy atom. The lowest BCUT2D eigenvalue weighted by Gasteiger charge is -2.18. The summed E-state index contributed by atoms with van der Waals surface area (Å²) in [6.07, 6.45) is 5.61. The number of ether oxygens (including phenoxy) is 1. The Hall–Kier alpha value is -1.87. The van der Waals surface area contributed by atoms with Gasteiger partial charge in [0.15, 0.2) is 0 Å². The first kappa shape index (κ1) is 13.6. The van der Waals surface area contributed by atoms with E-state index in [-0.39, 0.29) is 0 Å². The van der Waals surface area contributed by atoms with Crippen LogP contribution in [0, 0.1) is 0 Å². The quantitative estimate of drug-likeness (QED) is 0.862. The van der Waals surface area contributed by atoms with Gasteiger partial charge in [0.05, 0.1) is 7.11 Å². The number of nitrogens with zero attached hydrogens (tertiary/aromatic N) is 1. The highest BCUT2D eigenvalue weighted by atomic mass is 16.5. The Balaban J connectivity index is 2.07. The van der Waals surface area contributed by atoms with Crippen molar-refractivity contribution in [2.24, 2.45) is 0 Å². The first-order valence-electron chi connectivity index (χ1n) is 6.51. The molecule has 0 aliphatic rings. The Morgan fingerprint density at radius 3 is 2.53 bits per heavy atom. The van der Waals surface area contributed by atoms with Gasteiger partial charge in [-0.2, -0.15) is 0 Å². The zero-order valence-electron chi connectivity index (χ0n) is 11.5. The van der Waals surface area contributed by atoms with Crippen LogP contribution in [0.5, 0.6) is 5.75 Å². The first-order chi connectivity index (χ1) is 9.33. The average molecular weight is 256 g/mol. The van der Waals surface area contributed by atoms with Gasteiger partial charge in [-0.3, -0.25) is 4.98 Å². The van der Waals surface area contributed by atoms with Crippen molar-refractivity contribution < 1.29 is 4.74 Å². The molecular weight excluding hydrogens is 236 g/mol. The van der Waals surface area contributed by atoms with Gasteiger partial charge in [0.1, 0.15) is 5.75 Å². The molecule has 1 aromatic heterocycles. The van der Waals surface area contributed by atoms with Gasteiger partial charge in [0, 0.05) is 18.4 Å². The fourth-order valence-corrected chi connectivity index (χ4v) is 2.22. The van der Waals surface area contributed by atoms with Crippen molar-refractivity contribution in [1.82, 2.24) is 10.3 Å². The molecule has 1 N–H and O–H groups in total. The molecule has 0 bridgehead atoms. The predicted octanol–water partition coefficient (Wildman–Crippen LogP) is 2.46. The summed E-state index contributed by atoms with van der Waals surface area (Å²) in [5.41, 5.74) is 2.53. The van der Waals surface area contributed by atoms with E-state index < -0.39 is 0 Å². The zero-order valence-corrected chi connectivity index (χ0v) is 11.5. The maximum Gasteiger partial charge on any atom is 0.122 e. The molecule has 2 aromatic rings. The van der Waals surface area contributed by atoms with Crippen LogP contribution in [0.3, 0.4) is 0 Å². The molecule has 0 aliphatic carbocycles. The van der Waals surface area contributed by atoms with Crippen LogP contribution in [0.15, 0.2) is 48.8 Å². The summed E-state index contributed by atoms with van der Waals surface area (Å²) in [6, 6.07) is 12.7. The minimum absolute atomic E-state index is 0.388. The van der Waals surface area contributed by atoms with Gasteiger partial charge in [-0.1, -0.05) is 18.2 Å². The normalized spacial score (nSPS) is 12.1. The predicted molar refractivity (Wildman–Crippen MR) is 77.5 cm³/mol. The number of nitrogens with one attached hydrogen (secondary N) is 1. The highest BCUT2D eigenvalue weighted by Gasteiger charge is 2.11. The summed E-state index contributed by atoms with van der Waals surface area (Å²) in [5, 5.41) is 3.37. The topological polar surface area (TPSA) is 34.2 Å². The molecule has 3 nitrogen and oxygen atoms in total. The fourth-order valence-electron chi connectivity index (χ4n) is 2.22. The molecule has 3 heteroatoms. The Labute approximate surface area is 114 Å². The van der Waals surface area contributed by atoms with Crippen molar-refractivity contribution >= 4 is 0 Å². The van der Waals surface area contributed by atoms with Crippen molar-refractivity contribution in [2.45, 2.75) is 18.9 Å². The average Bonchev–Trinajstić information content (AvgIpc) is 2.48. The number of hydrogen-bond acceptors (Lipinski definition) is 3. The molecule has 1 atom stereocenters. The van der Waals surface area contributed by atoms with Crippen molar-refractivity contribution in [2.75, 3.05) is 14.2 Å². The second-order valence-corrected chi connectivity index (χ2v) is 4.56. The summed E-state index contributed by atoms with van der Waals surface area (Å²) in [6.45, 7) is 0. The van der Waals surface area contributed by atoms with Crippen LogP contribution in [-0.2, 0) is 12.8 Å². The molecule has 0 radical (unpaired) electrons. The van der Waals surface area contributed by atoms with Crippen molar-refractivity contribution in [3.8, 4) is 5.75 Å². The SMILES string of the molecule is CNC(Cc1ccncc1)Cc1ccccc1OC. The summed E-state index contributed by atoms with van der Waals surface area (Å²) >= 11 is 0. The maximum absolute atomic E-state index is 5.40. The van der Waals surface area contributed by atoms with Crippen LogP contribution >= 0.6 is 0 Å². The van der Waals surface area contributed by atoms with Gasteiger partial charge < -0.3 is 10.1 Å². The van der Waals surface area contributed by atoms with Crippen LogP contribution in [0.2, 0.25) is 0 Å². The van der Waals surface area contributed by atoms with E-state index in [1.165, 1.54) is 11.1 Å². The van der Waals surface area contributed by atoms with E-state index in [4.69, 9.17) is 4.74 Å². The fraction of sp³-hybridized carbons (Fsp3) is 0.312. The molecule has 0 fully saturated rings. The monoisotopic (exact) mass is 256 g/mol. The van der Waals surface area contributed by atoms with E-state index in [2.05, 4.69) is 34.6 Å². The van der Waals surface area contributed by atoms with Crippen LogP contribution in [-0.4, -0.2) is 25.2 Å². The molecule has 19 heavy (non-hydrogen) atoms. The van der Waals surface area contributed by atoms with E-state index in [1.807, 2.05) is 31.6 Å². The van der Waals surface area contributed by atoms with E-state index in [0.29, 0.717) is 6.04 Å². The van der Waals surface area contributed by atoms with Crippen LogP contribution < -0.4 is 10.1 Å². The van der Waals surface area contributed by atoms with Crippen LogP contribution in [0.1, 0.15) is 11.1 Å². The number of rotatable bonds is 6. The molecule has 100 valence electrons. The molecule has 0 aliphatic heterocycles. The largest absolute Gasteiger partial charge is 0.496 e. The molecule has 0 amide bonds. The van der Waals surface area contributed by atoms with Crippen molar-refractivity contribution in [3.63, 3.8) is 0 Å². The van der Waals surface area contributed by atoms with Crippen LogP contribution in [0.25, 0.3) is 0 Å². The summed E-state index contributed by atoms with van der Waals surface area (Å²) in [5.74, 6) is 0.956. The van der Waals surface area contributed by atoms with Gasteiger partial charge in [-0.25, -0.2) is 0 Å². The smallest absolute Gasteiger partial charge is 0.122 e. The Kier molecular flexibility index (Phi) is 4.93. The second kappa shape index (κ2) is 6.90. The molecular formula is C16H20N2O. The minimum atomic E-state index is 0.388. The van der Waals surface area contributed by atoms with E-state index in [0.717, 1.165) is 18.6 Å². The third-order valence-electron chi connectivity index (χ3n) is 3.30. The lowest BCUT2D eigenvalue weighted by Crippen LogP contribution is -2.30. The summed E-state index contributed by atoms with van der Waals surface area (Å²) in [4.78, 5) is 4.05. The van der Waals surface area contributed by atoms with E-state index in [9.17, 15) is 0 Å². The second-order valence-electron chi connectivity index (χ2n) is 4.56. The first-order valence-corrected chi connectivity index (χ1v) is 6.51. The molecule has 1 unspecified atom stereocenters. The minimum Gasteiger partial charge on any atom is -0.496 e. The molecule has 1 heterocycles. The lowest BCUT2D eigenvalue weighted by atomic mass is 9.99. The third-order valence-corrected chi connectivity index (χ3v) is 3.30. The number of benzene rings is 1. The number of methoxy groups -OCH3 is 1. The Bertz CT molecular complexity index is 499. The number of para-hydroxylation sites is 1. The van der Waals surface area contributed by atoms with E-state index in [1.54, 1.807) is 7.11 Å². The third kappa shape index (κ3) is 3.80. The van der Waals surface area contributed by atoms with Gasteiger partial charge >= 0.3 is 0 Å². The lowest BCUT2D eigenvalue weighted by molar-refractivity contribution is 0.406. The van der Waals surface area contributed by atoms with E-state index >= 15 is 0 Å². The van der Waals surface area contributed by atoms with Gasteiger partial charge in [0.2, 0.25) is 0 Å². The van der Waals surface area contributed by atoms with Gasteiger partial charge in [-0.05, 0) is 49.2 Å². The number of likely N-dealkylation sites (N-methyl/N-ethyl adjacent to an activating group) is 1. The standard InChI is InChI=1S/C16H20N2O/c1-17-15(11-13-7-9-18-10-8-13)12-14-5-3-4-6-16(14)19-2/h3-10,15,17H,11-12H2,1-2H3. The Morgan fingerprint density at radius 1 is 1.11 bits per heavy atom. The number of aromatic nitrogens is 1. The number of hydrogen-bond donors (Lipinski definition) is 1.